The fraction of sp³-hybridized carbons (Fsp3) is 0.346. The Morgan fingerprint density at radius 3 is 2.53 bits per heavy atom. The number of piperazine rings is 1. The highest BCUT2D eigenvalue weighted by Gasteiger charge is 2.27. The fourth-order valence-electron chi connectivity index (χ4n) is 4.20. The first kappa shape index (κ1) is 25.9. The van der Waals surface area contributed by atoms with Crippen molar-refractivity contribution in [3.05, 3.63) is 52.7 Å². The number of benzene rings is 2. The van der Waals surface area contributed by atoms with E-state index >= 15 is 8.78 Å². The number of anilines is 1. The SMILES string of the molecule is COc1cc2nccc(Oc3c(F)cc(NC(=O)NC4CC4)c(Cl)c3F)c2cc1C(=O)N1CCN(C)CC1. The van der Waals surface area contributed by atoms with E-state index in [1.165, 1.54) is 19.4 Å². The Morgan fingerprint density at radius 1 is 1.11 bits per heavy atom. The maximum atomic E-state index is 15.2. The van der Waals surface area contributed by atoms with Gasteiger partial charge in [0, 0.05) is 55.9 Å². The predicted molar refractivity (Wildman–Crippen MR) is 138 cm³/mol. The Labute approximate surface area is 222 Å². The summed E-state index contributed by atoms with van der Waals surface area (Å²) in [6.07, 6.45) is 3.12. The number of hydrogen-bond acceptors (Lipinski definition) is 6. The Bertz CT molecular complexity index is 1410. The molecule has 200 valence electrons. The van der Waals surface area contributed by atoms with Crippen molar-refractivity contribution in [1.29, 1.82) is 0 Å². The molecule has 1 saturated carbocycles. The monoisotopic (exact) mass is 545 g/mol. The third-order valence-corrected chi connectivity index (χ3v) is 6.90. The molecule has 2 aliphatic rings. The second kappa shape index (κ2) is 10.6. The van der Waals surface area contributed by atoms with E-state index in [9.17, 15) is 9.59 Å². The number of hydrogen-bond donors (Lipinski definition) is 2. The molecule has 38 heavy (non-hydrogen) atoms. The highest BCUT2D eigenvalue weighted by molar-refractivity contribution is 6.34. The van der Waals surface area contributed by atoms with Crippen molar-refractivity contribution in [3.63, 3.8) is 0 Å². The van der Waals surface area contributed by atoms with Gasteiger partial charge in [0.1, 0.15) is 16.5 Å². The predicted octanol–water partition coefficient (Wildman–Crippen LogP) is 4.64. The molecule has 1 aromatic heterocycles. The average Bonchev–Trinajstić information content (AvgIpc) is 3.72. The molecule has 2 aromatic carbocycles. The van der Waals surface area contributed by atoms with Crippen molar-refractivity contribution in [2.75, 3.05) is 45.7 Å². The minimum Gasteiger partial charge on any atom is -0.496 e. The Kier molecular flexibility index (Phi) is 7.22. The van der Waals surface area contributed by atoms with Crippen LogP contribution in [0, 0.1) is 11.6 Å². The zero-order chi connectivity index (χ0) is 27.0. The smallest absolute Gasteiger partial charge is 0.319 e. The van der Waals surface area contributed by atoms with E-state index < -0.39 is 28.4 Å². The van der Waals surface area contributed by atoms with Crippen molar-refractivity contribution in [1.82, 2.24) is 20.1 Å². The van der Waals surface area contributed by atoms with Gasteiger partial charge in [0.2, 0.25) is 0 Å². The number of fused-ring (bicyclic) bond motifs is 1. The second-order valence-electron chi connectivity index (χ2n) is 9.31. The van der Waals surface area contributed by atoms with E-state index in [1.807, 2.05) is 7.05 Å². The van der Waals surface area contributed by atoms with Crippen molar-refractivity contribution in [2.45, 2.75) is 18.9 Å². The molecule has 0 unspecified atom stereocenters. The number of amides is 3. The number of methoxy groups -OCH3 is 1. The minimum atomic E-state index is -1.18. The van der Waals surface area contributed by atoms with Gasteiger partial charge < -0.3 is 29.9 Å². The van der Waals surface area contributed by atoms with Crippen LogP contribution in [-0.2, 0) is 0 Å². The number of nitrogens with zero attached hydrogens (tertiary/aromatic N) is 3. The van der Waals surface area contributed by atoms with Gasteiger partial charge in [0.15, 0.2) is 17.4 Å². The average molecular weight is 546 g/mol. The maximum Gasteiger partial charge on any atom is 0.319 e. The third-order valence-electron chi connectivity index (χ3n) is 6.53. The van der Waals surface area contributed by atoms with E-state index in [0.29, 0.717) is 29.7 Å². The first-order valence-corrected chi connectivity index (χ1v) is 12.5. The van der Waals surface area contributed by atoms with Crippen LogP contribution in [0.4, 0.5) is 19.3 Å². The van der Waals surface area contributed by atoms with Crippen molar-refractivity contribution in [3.8, 4) is 17.2 Å². The van der Waals surface area contributed by atoms with Gasteiger partial charge in [-0.25, -0.2) is 13.6 Å². The number of ether oxygens (including phenoxy) is 2. The molecule has 2 N–H and O–H groups in total. The van der Waals surface area contributed by atoms with Crippen LogP contribution in [0.5, 0.6) is 17.2 Å². The lowest BCUT2D eigenvalue weighted by molar-refractivity contribution is 0.0661. The standard InChI is InChI=1S/C26H26ClF2N5O4/c1-33-7-9-34(10-8-33)25(35)16-11-15-18(13-21(16)37-2)30-6-5-20(15)38-24-17(28)12-19(22(27)23(24)29)32-26(36)31-14-3-4-14/h5-6,11-14H,3-4,7-10H2,1-2H3,(H2,31,32,36). The van der Waals surface area contributed by atoms with Gasteiger partial charge in [-0.05, 0) is 32.0 Å². The highest BCUT2D eigenvalue weighted by Crippen LogP contribution is 2.39. The number of urea groups is 1. The van der Waals surface area contributed by atoms with Crippen LogP contribution in [0.2, 0.25) is 5.02 Å². The van der Waals surface area contributed by atoms with Gasteiger partial charge in [-0.3, -0.25) is 9.78 Å². The van der Waals surface area contributed by atoms with Gasteiger partial charge >= 0.3 is 6.03 Å². The number of halogens is 3. The number of nitrogens with one attached hydrogen (secondary N) is 2. The fourth-order valence-corrected chi connectivity index (χ4v) is 4.39. The van der Waals surface area contributed by atoms with Gasteiger partial charge in [-0.1, -0.05) is 11.6 Å². The molecular weight excluding hydrogens is 520 g/mol. The van der Waals surface area contributed by atoms with Crippen molar-refractivity contribution < 1.29 is 27.8 Å². The zero-order valence-corrected chi connectivity index (χ0v) is 21.6. The molecular formula is C26H26ClF2N5O4. The number of aromatic nitrogens is 1. The van der Waals surface area contributed by atoms with Crippen molar-refractivity contribution in [2.24, 2.45) is 0 Å². The lowest BCUT2D eigenvalue weighted by atomic mass is 10.1. The van der Waals surface area contributed by atoms with Crippen LogP contribution in [0.1, 0.15) is 23.2 Å². The second-order valence-corrected chi connectivity index (χ2v) is 9.69. The Balaban J connectivity index is 1.47. The number of carbonyl (C=O) groups excluding carboxylic acids is 2. The molecule has 5 rings (SSSR count). The van der Waals surface area contributed by atoms with Crippen LogP contribution in [-0.4, -0.2) is 73.1 Å². The summed E-state index contributed by atoms with van der Waals surface area (Å²) in [6.45, 7) is 2.59. The first-order chi connectivity index (χ1) is 18.2. The van der Waals surface area contributed by atoms with Gasteiger partial charge in [0.25, 0.3) is 5.91 Å². The van der Waals surface area contributed by atoms with Crippen LogP contribution >= 0.6 is 11.6 Å². The Hall–Kier alpha value is -3.70. The summed E-state index contributed by atoms with van der Waals surface area (Å²) >= 11 is 6.11. The molecule has 0 radical (unpaired) electrons. The van der Waals surface area contributed by atoms with Gasteiger partial charge in [0.05, 0.1) is 23.9 Å². The van der Waals surface area contributed by atoms with E-state index in [1.54, 1.807) is 17.0 Å². The lowest BCUT2D eigenvalue weighted by Gasteiger charge is -2.32. The van der Waals surface area contributed by atoms with Crippen LogP contribution in [0.15, 0.2) is 30.5 Å². The molecule has 12 heteroatoms. The van der Waals surface area contributed by atoms with E-state index in [2.05, 4.69) is 20.5 Å². The number of likely N-dealkylation sites (N-methyl/N-ethyl adjacent to an activating group) is 1. The molecule has 3 aromatic rings. The van der Waals surface area contributed by atoms with Crippen LogP contribution in [0.3, 0.4) is 0 Å². The molecule has 1 saturated heterocycles. The van der Waals surface area contributed by atoms with E-state index in [0.717, 1.165) is 32.0 Å². The molecule has 2 heterocycles. The molecule has 1 aliphatic carbocycles. The molecule has 0 bridgehead atoms. The summed E-state index contributed by atoms with van der Waals surface area (Å²) in [6, 6.07) is 4.90. The molecule has 3 amide bonds. The first-order valence-electron chi connectivity index (χ1n) is 12.1. The number of rotatable bonds is 6. The number of pyridine rings is 1. The minimum absolute atomic E-state index is 0.0534. The summed E-state index contributed by atoms with van der Waals surface area (Å²) in [4.78, 5) is 33.5. The zero-order valence-electron chi connectivity index (χ0n) is 20.8. The van der Waals surface area contributed by atoms with Gasteiger partial charge in [-0.15, -0.1) is 0 Å². The third kappa shape index (κ3) is 5.30. The quantitative estimate of drug-likeness (QED) is 0.438. The summed E-state index contributed by atoms with van der Waals surface area (Å²) in [7, 11) is 3.44. The van der Waals surface area contributed by atoms with E-state index in [-0.39, 0.29) is 28.9 Å². The topological polar surface area (TPSA) is 96.0 Å². The largest absolute Gasteiger partial charge is 0.496 e. The lowest BCUT2D eigenvalue weighted by Crippen LogP contribution is -2.47. The van der Waals surface area contributed by atoms with Crippen LogP contribution < -0.4 is 20.1 Å². The summed E-state index contributed by atoms with van der Waals surface area (Å²) < 4.78 is 41.3. The summed E-state index contributed by atoms with van der Waals surface area (Å²) in [5, 5.41) is 4.87. The molecule has 1 aliphatic heterocycles. The molecule has 0 spiro atoms. The van der Waals surface area contributed by atoms with Crippen molar-refractivity contribution >= 4 is 40.1 Å². The van der Waals surface area contributed by atoms with Crippen LogP contribution in [0.25, 0.3) is 10.9 Å². The van der Waals surface area contributed by atoms with E-state index in [4.69, 9.17) is 21.1 Å². The molecule has 2 fully saturated rings. The molecule has 0 atom stereocenters. The normalized spacial score (nSPS) is 15.9. The molecule has 9 nitrogen and oxygen atoms in total. The Morgan fingerprint density at radius 2 is 1.84 bits per heavy atom. The maximum absolute atomic E-state index is 15.2. The summed E-state index contributed by atoms with van der Waals surface area (Å²) in [5.41, 5.74) is 0.454. The number of carbonyl (C=O) groups is 2. The highest BCUT2D eigenvalue weighted by atomic mass is 35.5. The van der Waals surface area contributed by atoms with Gasteiger partial charge in [-0.2, -0.15) is 0 Å². The summed E-state index contributed by atoms with van der Waals surface area (Å²) in [5.74, 6) is -2.84.